The minimum Gasteiger partial charge on any atom is -0.323 e. The van der Waals surface area contributed by atoms with Gasteiger partial charge in [0, 0.05) is 7.05 Å². The Labute approximate surface area is 160 Å². The van der Waals surface area contributed by atoms with Crippen molar-refractivity contribution in [3.63, 3.8) is 0 Å². The number of nitrogens with zero attached hydrogens (tertiary/aromatic N) is 3. The van der Waals surface area contributed by atoms with Crippen LogP contribution in [0.4, 0.5) is 4.79 Å². The lowest BCUT2D eigenvalue weighted by atomic mass is 9.73. The number of fused-ring (bicyclic) bond motifs is 1. The molecule has 1 N–H and O–H groups in total. The fourth-order valence-electron chi connectivity index (χ4n) is 4.10. The van der Waals surface area contributed by atoms with Gasteiger partial charge in [0.1, 0.15) is 12.1 Å². The number of urea groups is 1. The van der Waals surface area contributed by atoms with Crippen LogP contribution < -0.4 is 10.1 Å². The van der Waals surface area contributed by atoms with Crippen LogP contribution in [0.25, 0.3) is 10.2 Å². The van der Waals surface area contributed by atoms with E-state index in [0.29, 0.717) is 11.2 Å². The van der Waals surface area contributed by atoms with Crippen LogP contribution in [0.3, 0.4) is 0 Å². The Kier molecular flexibility index (Phi) is 4.38. The van der Waals surface area contributed by atoms with Crippen LogP contribution >= 0.6 is 11.3 Å². The molecule has 142 valence electrons. The van der Waals surface area contributed by atoms with E-state index in [1.165, 1.54) is 11.3 Å². The van der Waals surface area contributed by atoms with Gasteiger partial charge in [0.25, 0.3) is 11.8 Å². The van der Waals surface area contributed by atoms with Crippen molar-refractivity contribution < 1.29 is 14.4 Å². The summed E-state index contributed by atoms with van der Waals surface area (Å²) in [7, 11) is 1.84. The molecule has 1 saturated heterocycles. The molecule has 4 amide bonds. The van der Waals surface area contributed by atoms with Crippen molar-refractivity contribution in [3.05, 3.63) is 29.1 Å². The number of carbonyl (C=O) groups excluding carboxylic acids is 3. The third kappa shape index (κ3) is 2.88. The Balaban J connectivity index is 1.58. The van der Waals surface area contributed by atoms with Gasteiger partial charge >= 0.3 is 6.03 Å². The predicted octanol–water partition coefficient (Wildman–Crippen LogP) is 2.17. The second-order valence-electron chi connectivity index (χ2n) is 7.36. The number of aryl methyl sites for hydroxylation is 1. The molecule has 2 fully saturated rings. The first-order valence-electron chi connectivity index (χ1n) is 9.18. The molecule has 2 aliphatic rings. The number of hydrogen-bond donors (Lipinski definition) is 1. The van der Waals surface area contributed by atoms with E-state index in [-0.39, 0.29) is 18.4 Å². The number of rotatable bonds is 2. The number of thiazole rings is 1. The lowest BCUT2D eigenvalue weighted by Crippen LogP contribution is -2.54. The summed E-state index contributed by atoms with van der Waals surface area (Å²) in [6, 6.07) is 7.30. The normalized spacial score (nSPS) is 26.2. The molecule has 0 radical (unpaired) electrons. The fraction of sp³-hybridized carbons (Fsp3) is 0.474. The van der Waals surface area contributed by atoms with Gasteiger partial charge in [-0.15, -0.1) is 0 Å². The number of para-hydroxylation sites is 1. The maximum absolute atomic E-state index is 12.9. The van der Waals surface area contributed by atoms with Gasteiger partial charge in [-0.1, -0.05) is 43.2 Å². The molecule has 1 aliphatic heterocycles. The smallest absolute Gasteiger partial charge is 0.323 e. The van der Waals surface area contributed by atoms with Crippen LogP contribution in [0.2, 0.25) is 0 Å². The number of hydrogen-bond acceptors (Lipinski definition) is 4. The summed E-state index contributed by atoms with van der Waals surface area (Å²) >= 11 is 1.41. The van der Waals surface area contributed by atoms with E-state index in [0.717, 1.165) is 34.4 Å². The zero-order valence-corrected chi connectivity index (χ0v) is 16.2. The van der Waals surface area contributed by atoms with Gasteiger partial charge in [-0.05, 0) is 30.9 Å². The minimum atomic E-state index is -0.849. The first kappa shape index (κ1) is 17.9. The highest BCUT2D eigenvalue weighted by Gasteiger charge is 2.55. The topological polar surface area (TPSA) is 83.8 Å². The van der Waals surface area contributed by atoms with E-state index in [1.807, 2.05) is 42.8 Å². The molecule has 2 aromatic rings. The standard InChI is InChI=1S/C19H22N4O3S/c1-12-7-5-6-10-19(12)16(25)23(17(26)21-19)11-15(24)20-18-22(2)13-8-3-4-9-14(13)27-18/h3-4,8-9,12H,5-7,10-11H2,1-2H3,(H,21,26). The Morgan fingerprint density at radius 2 is 2.11 bits per heavy atom. The molecule has 7 nitrogen and oxygen atoms in total. The maximum Gasteiger partial charge on any atom is 0.325 e. The van der Waals surface area contributed by atoms with Crippen LogP contribution in [0.1, 0.15) is 32.6 Å². The molecule has 2 unspecified atom stereocenters. The van der Waals surface area contributed by atoms with E-state index in [2.05, 4.69) is 10.3 Å². The molecule has 1 spiro atoms. The lowest BCUT2D eigenvalue weighted by molar-refractivity contribution is -0.136. The van der Waals surface area contributed by atoms with Gasteiger partial charge in [0.05, 0.1) is 10.2 Å². The second-order valence-corrected chi connectivity index (χ2v) is 8.37. The van der Waals surface area contributed by atoms with Gasteiger partial charge in [0.2, 0.25) is 0 Å². The van der Waals surface area contributed by atoms with Gasteiger partial charge in [-0.2, -0.15) is 4.99 Å². The Bertz CT molecular complexity index is 1010. The third-order valence-corrected chi connectivity index (χ3v) is 6.84. The van der Waals surface area contributed by atoms with E-state index >= 15 is 0 Å². The SMILES string of the molecule is CC1CCCCC12NC(=O)N(CC(=O)N=c1sc3ccccc3n1C)C2=O. The van der Waals surface area contributed by atoms with Crippen LogP contribution in [-0.2, 0) is 16.6 Å². The largest absolute Gasteiger partial charge is 0.325 e. The molecule has 2 heterocycles. The summed E-state index contributed by atoms with van der Waals surface area (Å²) in [4.78, 5) is 43.6. The number of imide groups is 1. The zero-order chi connectivity index (χ0) is 19.2. The molecule has 8 heteroatoms. The highest BCUT2D eigenvalue weighted by atomic mass is 32.1. The Morgan fingerprint density at radius 3 is 2.85 bits per heavy atom. The molecule has 1 aliphatic carbocycles. The van der Waals surface area contributed by atoms with Crippen LogP contribution in [0, 0.1) is 5.92 Å². The van der Waals surface area contributed by atoms with E-state index < -0.39 is 17.5 Å². The lowest BCUT2D eigenvalue weighted by Gasteiger charge is -2.36. The minimum absolute atomic E-state index is 0.0696. The van der Waals surface area contributed by atoms with Gasteiger partial charge in [-0.25, -0.2) is 4.79 Å². The predicted molar refractivity (Wildman–Crippen MR) is 102 cm³/mol. The maximum atomic E-state index is 12.9. The zero-order valence-electron chi connectivity index (χ0n) is 15.4. The van der Waals surface area contributed by atoms with Crippen molar-refractivity contribution in [2.75, 3.05) is 6.54 Å². The summed E-state index contributed by atoms with van der Waals surface area (Å²) in [5, 5.41) is 2.86. The second kappa shape index (κ2) is 6.60. The monoisotopic (exact) mass is 386 g/mol. The fourth-order valence-corrected chi connectivity index (χ4v) is 5.14. The Morgan fingerprint density at radius 1 is 1.33 bits per heavy atom. The van der Waals surface area contributed by atoms with Crippen LogP contribution in [0.5, 0.6) is 0 Å². The third-order valence-electron chi connectivity index (χ3n) is 5.73. The number of amides is 4. The number of aromatic nitrogens is 1. The first-order valence-corrected chi connectivity index (χ1v) is 10.0. The summed E-state index contributed by atoms with van der Waals surface area (Å²) < 4.78 is 2.87. The highest BCUT2D eigenvalue weighted by Crippen LogP contribution is 2.38. The molecule has 1 aromatic heterocycles. The van der Waals surface area contributed by atoms with Crippen LogP contribution in [-0.4, -0.2) is 39.4 Å². The van der Waals surface area contributed by atoms with E-state index in [4.69, 9.17) is 0 Å². The van der Waals surface area contributed by atoms with Crippen molar-refractivity contribution in [2.24, 2.45) is 18.0 Å². The quantitative estimate of drug-likeness (QED) is 0.803. The van der Waals surface area contributed by atoms with E-state index in [9.17, 15) is 14.4 Å². The van der Waals surface area contributed by atoms with Gasteiger partial charge in [0.15, 0.2) is 4.80 Å². The van der Waals surface area contributed by atoms with E-state index in [1.54, 1.807) is 0 Å². The van der Waals surface area contributed by atoms with Crippen molar-refractivity contribution in [3.8, 4) is 0 Å². The van der Waals surface area contributed by atoms with Crippen molar-refractivity contribution in [2.45, 2.75) is 38.1 Å². The van der Waals surface area contributed by atoms with Gasteiger partial charge < -0.3 is 9.88 Å². The first-order chi connectivity index (χ1) is 12.9. The number of carbonyl (C=O) groups is 3. The summed E-state index contributed by atoms with van der Waals surface area (Å²) in [6.07, 6.45) is 3.49. The number of nitrogens with one attached hydrogen (secondary N) is 1. The molecular formula is C19H22N4O3S. The molecule has 2 atom stereocenters. The molecule has 4 rings (SSSR count). The summed E-state index contributed by atoms with van der Waals surface area (Å²) in [5.41, 5.74) is 0.136. The molecule has 0 bridgehead atoms. The average molecular weight is 386 g/mol. The molecule has 27 heavy (non-hydrogen) atoms. The van der Waals surface area contributed by atoms with Gasteiger partial charge in [-0.3, -0.25) is 14.5 Å². The number of benzene rings is 1. The molecule has 1 saturated carbocycles. The van der Waals surface area contributed by atoms with Crippen molar-refractivity contribution >= 4 is 39.4 Å². The molecule has 1 aromatic carbocycles. The van der Waals surface area contributed by atoms with Crippen molar-refractivity contribution in [1.29, 1.82) is 0 Å². The average Bonchev–Trinajstić information content (AvgIpc) is 3.08. The van der Waals surface area contributed by atoms with Crippen LogP contribution in [0.15, 0.2) is 29.3 Å². The molecular weight excluding hydrogens is 364 g/mol. The Hall–Kier alpha value is -2.48. The summed E-state index contributed by atoms with van der Waals surface area (Å²) in [6.45, 7) is 1.66. The summed E-state index contributed by atoms with van der Waals surface area (Å²) in [5.74, 6) is -0.717. The highest BCUT2D eigenvalue weighted by molar-refractivity contribution is 7.16. The van der Waals surface area contributed by atoms with Crippen molar-refractivity contribution in [1.82, 2.24) is 14.8 Å².